The Balaban J connectivity index is 1.75. The van der Waals surface area contributed by atoms with Crippen LogP contribution in [0.4, 0.5) is 4.39 Å². The molecule has 1 amide bonds. The fourth-order valence-corrected chi connectivity index (χ4v) is 5.39. The minimum atomic E-state index is -3.68. The fourth-order valence-electron chi connectivity index (χ4n) is 2.54. The Hall–Kier alpha value is -2.84. The van der Waals surface area contributed by atoms with E-state index in [1.807, 2.05) is 0 Å². The van der Waals surface area contributed by atoms with Gasteiger partial charge < -0.3 is 5.32 Å². The number of halogens is 1. The van der Waals surface area contributed by atoms with E-state index in [4.69, 9.17) is 0 Å². The minimum absolute atomic E-state index is 0.0987. The number of rotatable bonds is 7. The first-order valence-corrected chi connectivity index (χ1v) is 10.8. The zero-order chi connectivity index (χ0) is 20.0. The zero-order valence-electron chi connectivity index (χ0n) is 14.7. The van der Waals surface area contributed by atoms with Crippen LogP contribution in [0.15, 0.2) is 76.6 Å². The van der Waals surface area contributed by atoms with Crippen molar-refractivity contribution >= 4 is 33.2 Å². The predicted octanol–water partition coefficient (Wildman–Crippen LogP) is 3.63. The topological polar surface area (TPSA) is 76.1 Å². The summed E-state index contributed by atoms with van der Waals surface area (Å²) in [5, 5.41) is 3.36. The van der Waals surface area contributed by atoms with Gasteiger partial charge in [-0.15, -0.1) is 11.3 Å². The molecule has 0 bridgehead atoms. The fraction of sp³-hybridized carbons (Fsp3) is 0.100. The molecule has 0 aliphatic rings. The van der Waals surface area contributed by atoms with Crippen LogP contribution in [-0.2, 0) is 14.6 Å². The highest BCUT2D eigenvalue weighted by Crippen LogP contribution is 2.30. The Morgan fingerprint density at radius 1 is 1.18 bits per heavy atom. The lowest BCUT2D eigenvalue weighted by Crippen LogP contribution is -2.30. The van der Waals surface area contributed by atoms with E-state index in [9.17, 15) is 17.6 Å². The van der Waals surface area contributed by atoms with Crippen LogP contribution in [-0.4, -0.2) is 25.9 Å². The number of carbonyl (C=O) groups excluding carboxylic acids is 1. The first kappa shape index (κ1) is 19.9. The smallest absolute Gasteiger partial charge is 0.244 e. The molecule has 0 saturated heterocycles. The van der Waals surface area contributed by atoms with Crippen molar-refractivity contribution < 1.29 is 17.6 Å². The second-order valence-electron chi connectivity index (χ2n) is 5.88. The molecule has 0 saturated carbocycles. The summed E-state index contributed by atoms with van der Waals surface area (Å²) in [7, 11) is -3.68. The number of hydrogen-bond acceptors (Lipinski definition) is 5. The standard InChI is InChI=1S/C20H17FN2O3S2/c21-17-8-5-15(6-9-17)7-10-19(24)23-14-18(16-3-1-11-22-13-16)28(25,26)20-4-2-12-27-20/h1-13,18H,14H2,(H,23,24)/b10-7+/t18-/m1/s1. The molecule has 1 aromatic carbocycles. The molecule has 5 nitrogen and oxygen atoms in total. The molecule has 28 heavy (non-hydrogen) atoms. The number of amides is 1. The molecule has 0 radical (unpaired) electrons. The maximum absolute atomic E-state index is 13.0. The van der Waals surface area contributed by atoms with E-state index >= 15 is 0 Å². The normalized spacial score (nSPS) is 12.8. The summed E-state index contributed by atoms with van der Waals surface area (Å²) in [6, 6.07) is 12.2. The van der Waals surface area contributed by atoms with E-state index in [2.05, 4.69) is 10.3 Å². The van der Waals surface area contributed by atoms with Gasteiger partial charge in [-0.1, -0.05) is 24.3 Å². The molecule has 144 valence electrons. The van der Waals surface area contributed by atoms with Crippen LogP contribution in [0.5, 0.6) is 0 Å². The molecule has 8 heteroatoms. The van der Waals surface area contributed by atoms with Crippen molar-refractivity contribution in [3.63, 3.8) is 0 Å². The van der Waals surface area contributed by atoms with Gasteiger partial charge in [-0.05, 0) is 46.8 Å². The summed E-state index contributed by atoms with van der Waals surface area (Å²) >= 11 is 1.13. The number of thiophene rings is 1. The van der Waals surface area contributed by atoms with E-state index in [-0.39, 0.29) is 16.6 Å². The Morgan fingerprint density at radius 2 is 1.96 bits per heavy atom. The van der Waals surface area contributed by atoms with Crippen molar-refractivity contribution in [1.82, 2.24) is 10.3 Å². The molecule has 1 atom stereocenters. The molecule has 0 unspecified atom stereocenters. The second-order valence-corrected chi connectivity index (χ2v) is 9.19. The molecular formula is C20H17FN2O3S2. The van der Waals surface area contributed by atoms with Gasteiger partial charge in [0.2, 0.25) is 5.91 Å². The van der Waals surface area contributed by atoms with Crippen molar-refractivity contribution in [3.05, 3.63) is 89.3 Å². The molecule has 0 aliphatic heterocycles. The molecule has 0 fully saturated rings. The van der Waals surface area contributed by atoms with Crippen LogP contribution in [0.25, 0.3) is 6.08 Å². The number of nitrogens with one attached hydrogen (secondary N) is 1. The molecule has 2 heterocycles. The van der Waals surface area contributed by atoms with Gasteiger partial charge in [0.1, 0.15) is 15.3 Å². The predicted molar refractivity (Wildman–Crippen MR) is 107 cm³/mol. The van der Waals surface area contributed by atoms with Crippen LogP contribution >= 0.6 is 11.3 Å². The third-order valence-electron chi connectivity index (χ3n) is 3.97. The summed E-state index contributed by atoms with van der Waals surface area (Å²) < 4.78 is 39.1. The molecule has 1 N–H and O–H groups in total. The third-order valence-corrected chi connectivity index (χ3v) is 7.50. The highest BCUT2D eigenvalue weighted by molar-refractivity contribution is 7.93. The second kappa shape index (κ2) is 8.90. The van der Waals surface area contributed by atoms with Crippen LogP contribution in [0, 0.1) is 5.82 Å². The number of nitrogens with zero attached hydrogens (tertiary/aromatic N) is 1. The summed E-state index contributed by atoms with van der Waals surface area (Å²) in [6.45, 7) is -0.0987. The molecule has 3 aromatic rings. The lowest BCUT2D eigenvalue weighted by Gasteiger charge is -2.17. The third kappa shape index (κ3) is 4.90. The Bertz CT molecular complexity index is 1050. The minimum Gasteiger partial charge on any atom is -0.351 e. The van der Waals surface area contributed by atoms with Gasteiger partial charge in [-0.3, -0.25) is 9.78 Å². The van der Waals surface area contributed by atoms with Gasteiger partial charge >= 0.3 is 0 Å². The van der Waals surface area contributed by atoms with Gasteiger partial charge in [0.15, 0.2) is 9.84 Å². The summed E-state index contributed by atoms with van der Waals surface area (Å²) in [5.41, 5.74) is 1.16. The zero-order valence-corrected chi connectivity index (χ0v) is 16.3. The van der Waals surface area contributed by atoms with Crippen molar-refractivity contribution in [2.75, 3.05) is 6.54 Å². The van der Waals surface area contributed by atoms with Crippen molar-refractivity contribution in [2.24, 2.45) is 0 Å². The quantitative estimate of drug-likeness (QED) is 0.597. The number of benzene rings is 1. The van der Waals surface area contributed by atoms with Gasteiger partial charge in [-0.25, -0.2) is 12.8 Å². The Kier molecular flexibility index (Phi) is 6.33. The maximum atomic E-state index is 13.0. The molecule has 3 rings (SSSR count). The number of hydrogen-bond donors (Lipinski definition) is 1. The lowest BCUT2D eigenvalue weighted by atomic mass is 10.2. The molecule has 0 spiro atoms. The van der Waals surface area contributed by atoms with Crippen molar-refractivity contribution in [3.8, 4) is 0 Å². The monoisotopic (exact) mass is 416 g/mol. The molecule has 0 aliphatic carbocycles. The average Bonchev–Trinajstić information content (AvgIpc) is 3.24. The number of carbonyl (C=O) groups is 1. The Morgan fingerprint density at radius 3 is 2.61 bits per heavy atom. The summed E-state index contributed by atoms with van der Waals surface area (Å²) in [5.74, 6) is -0.806. The maximum Gasteiger partial charge on any atom is 0.244 e. The highest BCUT2D eigenvalue weighted by atomic mass is 32.2. The summed E-state index contributed by atoms with van der Waals surface area (Å²) in [4.78, 5) is 16.1. The molecular weight excluding hydrogens is 399 g/mol. The first-order chi connectivity index (χ1) is 13.5. The van der Waals surface area contributed by atoms with Gasteiger partial charge in [0.25, 0.3) is 0 Å². The average molecular weight is 416 g/mol. The van der Waals surface area contributed by atoms with E-state index in [0.717, 1.165) is 11.3 Å². The van der Waals surface area contributed by atoms with E-state index < -0.39 is 21.0 Å². The van der Waals surface area contributed by atoms with Crippen LogP contribution < -0.4 is 5.32 Å². The lowest BCUT2D eigenvalue weighted by molar-refractivity contribution is -0.116. The SMILES string of the molecule is O=C(/C=C/c1ccc(F)cc1)NC[C@H](c1cccnc1)S(=O)(=O)c1cccs1. The van der Waals surface area contributed by atoms with Gasteiger partial charge in [-0.2, -0.15) is 0 Å². The number of sulfone groups is 1. The largest absolute Gasteiger partial charge is 0.351 e. The van der Waals surface area contributed by atoms with Crippen LogP contribution in [0.1, 0.15) is 16.4 Å². The van der Waals surface area contributed by atoms with Crippen molar-refractivity contribution in [1.29, 1.82) is 0 Å². The van der Waals surface area contributed by atoms with Gasteiger partial charge in [0, 0.05) is 25.0 Å². The van der Waals surface area contributed by atoms with E-state index in [1.165, 1.54) is 30.5 Å². The number of pyridine rings is 1. The highest BCUT2D eigenvalue weighted by Gasteiger charge is 2.30. The van der Waals surface area contributed by atoms with Crippen LogP contribution in [0.3, 0.4) is 0 Å². The van der Waals surface area contributed by atoms with Gasteiger partial charge in [0.05, 0.1) is 0 Å². The molecule has 2 aromatic heterocycles. The Labute approximate surface area is 166 Å². The first-order valence-electron chi connectivity index (χ1n) is 8.35. The van der Waals surface area contributed by atoms with Crippen LogP contribution in [0.2, 0.25) is 0 Å². The number of aromatic nitrogens is 1. The van der Waals surface area contributed by atoms with E-state index in [0.29, 0.717) is 11.1 Å². The van der Waals surface area contributed by atoms with Crippen molar-refractivity contribution in [2.45, 2.75) is 9.46 Å². The summed E-state index contributed by atoms with van der Waals surface area (Å²) in [6.07, 6.45) is 5.85. The van der Waals surface area contributed by atoms with E-state index in [1.54, 1.807) is 48.0 Å².